The van der Waals surface area contributed by atoms with Crippen molar-refractivity contribution in [3.8, 4) is 0 Å². The smallest absolute Gasteiger partial charge is 0.408 e. The highest BCUT2D eigenvalue weighted by Gasteiger charge is 2.31. The average Bonchev–Trinajstić information content (AvgIpc) is 2.41. The van der Waals surface area contributed by atoms with E-state index in [1.807, 2.05) is 6.92 Å². The third-order valence-corrected chi connectivity index (χ3v) is 3.54. The Morgan fingerprint density at radius 3 is 2.17 bits per heavy atom. The Bertz CT molecular complexity index is 488. The molecule has 0 aliphatic rings. The lowest BCUT2D eigenvalue weighted by Gasteiger charge is -2.25. The van der Waals surface area contributed by atoms with Crippen LogP contribution in [-0.2, 0) is 14.3 Å². The van der Waals surface area contributed by atoms with Gasteiger partial charge >= 0.3 is 6.09 Å². The fourth-order valence-electron chi connectivity index (χ4n) is 1.58. The molecule has 8 nitrogen and oxygen atoms in total. The van der Waals surface area contributed by atoms with Crippen molar-refractivity contribution in [2.24, 2.45) is 5.73 Å². The summed E-state index contributed by atoms with van der Waals surface area (Å²) in [6.07, 6.45) is -0.740. The van der Waals surface area contributed by atoms with Crippen LogP contribution in [0.1, 0.15) is 41.5 Å². The first-order valence-electron chi connectivity index (χ1n) is 7.69. The molecule has 0 aromatic rings. The number of ketones is 1. The number of alkyl carbamates (subject to hydrolysis) is 1. The monoisotopic (exact) mass is 360 g/mol. The van der Waals surface area contributed by atoms with Crippen molar-refractivity contribution >= 4 is 34.6 Å². The molecule has 0 spiro atoms. The van der Waals surface area contributed by atoms with Crippen molar-refractivity contribution < 1.29 is 19.1 Å². The molecule has 5 N–H and O–H groups in total. The van der Waals surface area contributed by atoms with Gasteiger partial charge in [-0.25, -0.2) is 4.79 Å². The van der Waals surface area contributed by atoms with Gasteiger partial charge in [0.25, 0.3) is 0 Å². The van der Waals surface area contributed by atoms with Gasteiger partial charge in [-0.2, -0.15) is 0 Å². The van der Waals surface area contributed by atoms with E-state index in [-0.39, 0.29) is 5.04 Å². The van der Waals surface area contributed by atoms with Crippen LogP contribution in [0.2, 0.25) is 0 Å². The number of hydrogen-bond acceptors (Lipinski definition) is 7. The maximum Gasteiger partial charge on any atom is 0.408 e. The summed E-state index contributed by atoms with van der Waals surface area (Å²) < 4.78 is 5.10. The summed E-state index contributed by atoms with van der Waals surface area (Å²) >= 11 is 1.13. The van der Waals surface area contributed by atoms with Gasteiger partial charge in [0, 0.05) is 0 Å². The summed E-state index contributed by atoms with van der Waals surface area (Å²) in [6.45, 7) is 9.91. The highest BCUT2D eigenvalue weighted by atomic mass is 32.2. The number of carbonyl (C=O) groups excluding carboxylic acids is 3. The van der Waals surface area contributed by atoms with Gasteiger partial charge in [-0.05, 0) is 40.4 Å². The minimum absolute atomic E-state index is 0.00524. The van der Waals surface area contributed by atoms with Gasteiger partial charge in [-0.1, -0.05) is 6.92 Å². The van der Waals surface area contributed by atoms with Crippen LogP contribution in [0.3, 0.4) is 0 Å². The van der Waals surface area contributed by atoms with Crippen LogP contribution in [0.15, 0.2) is 0 Å². The van der Waals surface area contributed by atoms with Gasteiger partial charge in [0.2, 0.25) is 5.91 Å². The third-order valence-electron chi connectivity index (χ3n) is 2.71. The molecule has 2 amide bonds. The highest BCUT2D eigenvalue weighted by Crippen LogP contribution is 2.10. The second-order valence-corrected chi connectivity index (χ2v) is 7.60. The molecule has 0 rings (SSSR count). The molecule has 9 heteroatoms. The lowest BCUT2D eigenvalue weighted by molar-refractivity contribution is -0.127. The van der Waals surface area contributed by atoms with Gasteiger partial charge in [0.15, 0.2) is 5.78 Å². The van der Waals surface area contributed by atoms with Crippen LogP contribution in [0.4, 0.5) is 4.79 Å². The van der Waals surface area contributed by atoms with Crippen LogP contribution in [-0.4, -0.2) is 52.3 Å². The van der Waals surface area contributed by atoms with Crippen molar-refractivity contribution in [1.82, 2.24) is 10.6 Å². The summed E-state index contributed by atoms with van der Waals surface area (Å²) in [5.41, 5.74) is 4.80. The summed E-state index contributed by atoms with van der Waals surface area (Å²) in [5, 5.41) is 12.8. The number of amides is 2. The molecule has 24 heavy (non-hydrogen) atoms. The van der Waals surface area contributed by atoms with Crippen molar-refractivity contribution in [1.29, 1.82) is 5.41 Å². The molecule has 0 aromatic carbocycles. The van der Waals surface area contributed by atoms with Gasteiger partial charge in [0.05, 0.1) is 17.1 Å². The van der Waals surface area contributed by atoms with Gasteiger partial charge < -0.3 is 21.1 Å². The van der Waals surface area contributed by atoms with Crippen LogP contribution in [0, 0.1) is 5.41 Å². The maximum atomic E-state index is 12.5. The van der Waals surface area contributed by atoms with E-state index in [1.54, 1.807) is 20.8 Å². The van der Waals surface area contributed by atoms with E-state index >= 15 is 0 Å². The van der Waals surface area contributed by atoms with E-state index in [4.69, 9.17) is 15.9 Å². The van der Waals surface area contributed by atoms with E-state index in [0.29, 0.717) is 5.75 Å². The molecule has 138 valence electrons. The van der Waals surface area contributed by atoms with Gasteiger partial charge in [-0.15, -0.1) is 11.8 Å². The average molecular weight is 360 g/mol. The normalized spacial score (nSPS) is 15.0. The lowest BCUT2D eigenvalue weighted by atomic mass is 10.1. The number of ether oxygens (including phenoxy) is 1. The van der Waals surface area contributed by atoms with Crippen molar-refractivity contribution in [2.45, 2.75) is 65.3 Å². The quantitative estimate of drug-likeness (QED) is 0.396. The molecule has 0 heterocycles. The molecule has 0 fully saturated rings. The molecule has 0 bridgehead atoms. The molecular formula is C15H28N4O4S. The fourth-order valence-corrected chi connectivity index (χ4v) is 2.24. The predicted molar refractivity (Wildman–Crippen MR) is 95.3 cm³/mol. The van der Waals surface area contributed by atoms with E-state index in [1.165, 1.54) is 13.8 Å². The lowest BCUT2D eigenvalue weighted by Crippen LogP contribution is -2.55. The first-order chi connectivity index (χ1) is 10.9. The van der Waals surface area contributed by atoms with Crippen LogP contribution < -0.4 is 16.4 Å². The summed E-state index contributed by atoms with van der Waals surface area (Å²) in [5.74, 6) is -0.482. The Labute approximate surface area is 147 Å². The SMILES string of the molecule is CCSC(=N)C(NC(=O)C(C)N)C(=O)C(C)NC(=O)OC(C)(C)C. The standard InChI is InChI=1S/C15H28N4O4S/c1-7-24-12(17)10(19-13(21)8(2)16)11(20)9(3)18-14(22)23-15(4,5)6/h8-10,17H,7,16H2,1-6H3,(H,18,22)(H,19,21). The van der Waals surface area contributed by atoms with Crippen LogP contribution in [0.5, 0.6) is 0 Å². The minimum Gasteiger partial charge on any atom is -0.444 e. The number of nitrogens with two attached hydrogens (primary N) is 1. The van der Waals surface area contributed by atoms with Crippen molar-refractivity contribution in [3.05, 3.63) is 0 Å². The van der Waals surface area contributed by atoms with Gasteiger partial charge in [0.1, 0.15) is 11.6 Å². The first kappa shape index (κ1) is 22.4. The third kappa shape index (κ3) is 8.30. The zero-order chi connectivity index (χ0) is 19.1. The molecule has 0 radical (unpaired) electrons. The molecule has 0 saturated heterocycles. The highest BCUT2D eigenvalue weighted by molar-refractivity contribution is 8.14. The fraction of sp³-hybridized carbons (Fsp3) is 0.733. The molecule has 3 unspecified atom stereocenters. The van der Waals surface area contributed by atoms with E-state index in [9.17, 15) is 14.4 Å². The molecule has 0 aromatic heterocycles. The van der Waals surface area contributed by atoms with Gasteiger partial charge in [-0.3, -0.25) is 15.0 Å². The van der Waals surface area contributed by atoms with Crippen LogP contribution >= 0.6 is 11.8 Å². The largest absolute Gasteiger partial charge is 0.444 e. The first-order valence-corrected chi connectivity index (χ1v) is 8.68. The van der Waals surface area contributed by atoms with E-state index in [0.717, 1.165) is 11.8 Å². The Balaban J connectivity index is 5.05. The number of Topliss-reactive ketones (excluding diaryl/α,β-unsaturated/α-hetero) is 1. The second kappa shape index (κ2) is 9.63. The summed E-state index contributed by atoms with van der Waals surface area (Å²) in [7, 11) is 0. The summed E-state index contributed by atoms with van der Waals surface area (Å²) in [6, 6.07) is -2.90. The predicted octanol–water partition coefficient (Wildman–Crippen LogP) is 1.03. The van der Waals surface area contributed by atoms with Crippen molar-refractivity contribution in [2.75, 3.05) is 5.75 Å². The summed E-state index contributed by atoms with van der Waals surface area (Å²) in [4.78, 5) is 36.1. The number of nitrogens with one attached hydrogen (secondary N) is 3. The Hall–Kier alpha value is -1.61. The molecule has 3 atom stereocenters. The number of rotatable bonds is 7. The topological polar surface area (TPSA) is 134 Å². The van der Waals surface area contributed by atoms with Crippen LogP contribution in [0.25, 0.3) is 0 Å². The van der Waals surface area contributed by atoms with Crippen molar-refractivity contribution in [3.63, 3.8) is 0 Å². The number of thioether (sulfide) groups is 1. The zero-order valence-electron chi connectivity index (χ0n) is 15.1. The maximum absolute atomic E-state index is 12.5. The number of hydrogen-bond donors (Lipinski definition) is 4. The second-order valence-electron chi connectivity index (χ2n) is 6.30. The zero-order valence-corrected chi connectivity index (χ0v) is 15.9. The Morgan fingerprint density at radius 1 is 1.21 bits per heavy atom. The Kier molecular flexibility index (Phi) is 8.98. The Morgan fingerprint density at radius 2 is 1.75 bits per heavy atom. The molecule has 0 aliphatic carbocycles. The number of carbonyl (C=O) groups is 3. The minimum atomic E-state index is -1.15. The molecule has 0 saturated carbocycles. The van der Waals surface area contributed by atoms with E-state index in [2.05, 4.69) is 10.6 Å². The molecule has 0 aliphatic heterocycles. The molecular weight excluding hydrogens is 332 g/mol. The van der Waals surface area contributed by atoms with E-state index < -0.39 is 41.5 Å².